The van der Waals surface area contributed by atoms with Crippen LogP contribution in [-0.2, 0) is 9.59 Å². The molecule has 1 heterocycles. The second-order valence-corrected chi connectivity index (χ2v) is 7.53. The second-order valence-electron chi connectivity index (χ2n) is 7.53. The van der Waals surface area contributed by atoms with Crippen molar-refractivity contribution < 1.29 is 9.59 Å². The minimum atomic E-state index is -0.290. The fourth-order valence-corrected chi connectivity index (χ4v) is 4.01. The molecular weight excluding hydrogens is 336 g/mol. The lowest BCUT2D eigenvalue weighted by Crippen LogP contribution is -2.53. The zero-order valence-electron chi connectivity index (χ0n) is 15.6. The lowest BCUT2D eigenvalue weighted by atomic mass is 9.84. The first kappa shape index (κ1) is 17.8. The molecule has 27 heavy (non-hydrogen) atoms. The van der Waals surface area contributed by atoms with Crippen LogP contribution in [0, 0.1) is 5.92 Å². The molecule has 2 amide bonds. The molecule has 0 unspecified atom stereocenters. The predicted molar refractivity (Wildman–Crippen MR) is 105 cm³/mol. The molecule has 1 saturated heterocycles. The van der Waals surface area contributed by atoms with Gasteiger partial charge in [-0.1, -0.05) is 67.1 Å². The first-order chi connectivity index (χ1) is 13.2. The molecule has 1 saturated carbocycles. The molecule has 0 aromatic heterocycles. The third kappa shape index (κ3) is 3.75. The highest BCUT2D eigenvalue weighted by atomic mass is 16.2. The highest BCUT2D eigenvalue weighted by Gasteiger charge is 2.34. The van der Waals surface area contributed by atoms with E-state index in [1.165, 1.54) is 6.42 Å². The first-order valence-electron chi connectivity index (χ1n) is 9.91. The van der Waals surface area contributed by atoms with Gasteiger partial charge in [0.05, 0.1) is 5.92 Å². The van der Waals surface area contributed by atoms with Crippen molar-refractivity contribution in [3.8, 4) is 0 Å². The average Bonchev–Trinajstić information content (AvgIpc) is 2.68. The van der Waals surface area contributed by atoms with Crippen LogP contribution in [0.2, 0.25) is 0 Å². The van der Waals surface area contributed by atoms with Gasteiger partial charge in [-0.2, -0.15) is 0 Å². The summed E-state index contributed by atoms with van der Waals surface area (Å²) in [6, 6.07) is 19.9. The summed E-state index contributed by atoms with van der Waals surface area (Å²) in [7, 11) is 0. The quantitative estimate of drug-likeness (QED) is 0.837. The molecule has 1 aliphatic heterocycles. The molecule has 2 aromatic carbocycles. The molecule has 0 atom stereocenters. The maximum absolute atomic E-state index is 13.4. The molecule has 4 heteroatoms. The number of carbonyl (C=O) groups excluding carboxylic acids is 2. The number of benzene rings is 2. The molecule has 2 aliphatic rings. The van der Waals surface area contributed by atoms with Crippen LogP contribution < -0.4 is 0 Å². The second kappa shape index (κ2) is 7.95. The van der Waals surface area contributed by atoms with Gasteiger partial charge < -0.3 is 9.80 Å². The van der Waals surface area contributed by atoms with Crippen molar-refractivity contribution in [2.24, 2.45) is 5.92 Å². The van der Waals surface area contributed by atoms with E-state index < -0.39 is 0 Å². The number of rotatable bonds is 4. The summed E-state index contributed by atoms with van der Waals surface area (Å²) in [5.41, 5.74) is 2.03. The van der Waals surface area contributed by atoms with E-state index in [2.05, 4.69) is 0 Å². The normalized spacial score (nSPS) is 17.7. The van der Waals surface area contributed by atoms with Crippen LogP contribution in [-0.4, -0.2) is 47.8 Å². The van der Waals surface area contributed by atoms with E-state index in [0.29, 0.717) is 26.2 Å². The Morgan fingerprint density at radius 2 is 1.22 bits per heavy atom. The van der Waals surface area contributed by atoms with Gasteiger partial charge >= 0.3 is 0 Å². The van der Waals surface area contributed by atoms with Crippen molar-refractivity contribution in [2.75, 3.05) is 26.2 Å². The lowest BCUT2D eigenvalue weighted by Gasteiger charge is -2.39. The van der Waals surface area contributed by atoms with E-state index >= 15 is 0 Å². The molecule has 2 fully saturated rings. The molecule has 0 spiro atoms. The van der Waals surface area contributed by atoms with Gasteiger partial charge in [0.25, 0.3) is 0 Å². The topological polar surface area (TPSA) is 40.6 Å². The van der Waals surface area contributed by atoms with Crippen LogP contribution in [0.1, 0.15) is 36.3 Å². The highest BCUT2D eigenvalue weighted by Crippen LogP contribution is 2.30. The monoisotopic (exact) mass is 362 g/mol. The number of amides is 2. The summed E-state index contributed by atoms with van der Waals surface area (Å²) >= 11 is 0. The Labute approximate surface area is 160 Å². The van der Waals surface area contributed by atoms with Crippen LogP contribution in [0.4, 0.5) is 0 Å². The molecule has 0 radical (unpaired) electrons. The summed E-state index contributed by atoms with van der Waals surface area (Å²) in [6.07, 6.45) is 3.23. The van der Waals surface area contributed by atoms with E-state index in [1.54, 1.807) is 0 Å². The molecule has 4 rings (SSSR count). The van der Waals surface area contributed by atoms with Gasteiger partial charge in [0.2, 0.25) is 11.8 Å². The Bertz CT molecular complexity index is 739. The van der Waals surface area contributed by atoms with Crippen LogP contribution in [0.5, 0.6) is 0 Å². The van der Waals surface area contributed by atoms with Crippen molar-refractivity contribution in [3.05, 3.63) is 71.8 Å². The predicted octanol–water partition coefficient (Wildman–Crippen LogP) is 3.29. The Balaban J connectivity index is 1.48. The number of hydrogen-bond acceptors (Lipinski definition) is 2. The Morgan fingerprint density at radius 1 is 0.741 bits per heavy atom. The van der Waals surface area contributed by atoms with Gasteiger partial charge in [0, 0.05) is 32.1 Å². The van der Waals surface area contributed by atoms with E-state index in [0.717, 1.165) is 24.0 Å². The highest BCUT2D eigenvalue weighted by molar-refractivity contribution is 5.87. The van der Waals surface area contributed by atoms with E-state index in [9.17, 15) is 9.59 Å². The van der Waals surface area contributed by atoms with E-state index in [1.807, 2.05) is 70.5 Å². The SMILES string of the molecule is O=C(C1CCC1)N1CCN(C(=O)C(c2ccccc2)c2ccccc2)CC1. The van der Waals surface area contributed by atoms with E-state index in [4.69, 9.17) is 0 Å². The summed E-state index contributed by atoms with van der Waals surface area (Å²) in [5.74, 6) is 0.356. The Hall–Kier alpha value is -2.62. The minimum Gasteiger partial charge on any atom is -0.339 e. The van der Waals surface area contributed by atoms with Gasteiger partial charge in [0.1, 0.15) is 0 Å². The van der Waals surface area contributed by atoms with Crippen LogP contribution >= 0.6 is 0 Å². The number of nitrogens with zero attached hydrogens (tertiary/aromatic N) is 2. The molecule has 2 aromatic rings. The lowest BCUT2D eigenvalue weighted by molar-refractivity contribution is -0.144. The third-order valence-corrected chi connectivity index (χ3v) is 5.87. The molecule has 0 N–H and O–H groups in total. The van der Waals surface area contributed by atoms with E-state index in [-0.39, 0.29) is 23.7 Å². The summed E-state index contributed by atoms with van der Waals surface area (Å²) < 4.78 is 0. The van der Waals surface area contributed by atoms with Crippen LogP contribution in [0.25, 0.3) is 0 Å². The Morgan fingerprint density at radius 3 is 1.67 bits per heavy atom. The molecule has 140 valence electrons. The van der Waals surface area contributed by atoms with Crippen molar-refractivity contribution >= 4 is 11.8 Å². The van der Waals surface area contributed by atoms with Gasteiger partial charge in [-0.05, 0) is 24.0 Å². The van der Waals surface area contributed by atoms with Crippen LogP contribution in [0.3, 0.4) is 0 Å². The van der Waals surface area contributed by atoms with Gasteiger partial charge in [-0.15, -0.1) is 0 Å². The molecular formula is C23H26N2O2. The maximum atomic E-state index is 13.4. The van der Waals surface area contributed by atoms with Crippen molar-refractivity contribution in [2.45, 2.75) is 25.2 Å². The van der Waals surface area contributed by atoms with Crippen molar-refractivity contribution in [1.29, 1.82) is 0 Å². The first-order valence-corrected chi connectivity index (χ1v) is 9.91. The molecule has 1 aliphatic carbocycles. The minimum absolute atomic E-state index is 0.128. The summed E-state index contributed by atoms with van der Waals surface area (Å²) in [5, 5.41) is 0. The number of carbonyl (C=O) groups is 2. The largest absolute Gasteiger partial charge is 0.339 e. The van der Waals surface area contributed by atoms with Gasteiger partial charge in [0.15, 0.2) is 0 Å². The molecule has 4 nitrogen and oxygen atoms in total. The van der Waals surface area contributed by atoms with Crippen LogP contribution in [0.15, 0.2) is 60.7 Å². The summed E-state index contributed by atoms with van der Waals surface area (Å²) in [4.78, 5) is 29.7. The standard InChI is InChI=1S/C23H26N2O2/c26-22(20-12-7-13-20)24-14-16-25(17-15-24)23(27)21(18-8-3-1-4-9-18)19-10-5-2-6-11-19/h1-6,8-11,20-21H,7,12-17H2. The maximum Gasteiger partial charge on any atom is 0.234 e. The number of hydrogen-bond donors (Lipinski definition) is 0. The number of piperazine rings is 1. The smallest absolute Gasteiger partial charge is 0.234 e. The summed E-state index contributed by atoms with van der Waals surface area (Å²) in [6.45, 7) is 2.54. The average molecular weight is 362 g/mol. The fourth-order valence-electron chi connectivity index (χ4n) is 4.01. The van der Waals surface area contributed by atoms with Gasteiger partial charge in [-0.25, -0.2) is 0 Å². The molecule has 0 bridgehead atoms. The zero-order valence-corrected chi connectivity index (χ0v) is 15.6. The van der Waals surface area contributed by atoms with Crippen molar-refractivity contribution in [1.82, 2.24) is 9.80 Å². The third-order valence-electron chi connectivity index (χ3n) is 5.87. The fraction of sp³-hybridized carbons (Fsp3) is 0.391. The van der Waals surface area contributed by atoms with Crippen molar-refractivity contribution in [3.63, 3.8) is 0 Å². The Kier molecular flexibility index (Phi) is 5.23. The zero-order chi connectivity index (χ0) is 18.6. The van der Waals surface area contributed by atoms with Gasteiger partial charge in [-0.3, -0.25) is 9.59 Å².